The maximum absolute atomic E-state index is 8.08. The van der Waals surface area contributed by atoms with Gasteiger partial charge in [-0.1, -0.05) is 60.7 Å². The van der Waals surface area contributed by atoms with E-state index in [1.54, 1.807) is 0 Å². The Morgan fingerprint density at radius 2 is 1.48 bits per heavy atom. The normalized spacial score (nSPS) is 11.0. The fourth-order valence-corrected chi connectivity index (χ4v) is 3.09. The number of nitrogens with two attached hydrogens (primary N) is 1. The lowest BCUT2D eigenvalue weighted by Gasteiger charge is -2.10. The van der Waals surface area contributed by atoms with Crippen molar-refractivity contribution >= 4 is 11.0 Å². The number of nitrogens with zero attached hydrogens (tertiary/aromatic N) is 7. The highest BCUT2D eigenvalue weighted by molar-refractivity contribution is 5.78. The Morgan fingerprint density at radius 3 is 2.17 bits per heavy atom. The minimum absolute atomic E-state index is 0.0957. The molecule has 0 radical (unpaired) electrons. The van der Waals surface area contributed by atoms with Gasteiger partial charge in [-0.25, -0.2) is 14.6 Å². The van der Waals surface area contributed by atoms with Gasteiger partial charge in [0.2, 0.25) is 0 Å². The second kappa shape index (κ2) is 6.64. The second-order valence-electron chi connectivity index (χ2n) is 6.34. The van der Waals surface area contributed by atoms with Crippen LogP contribution in [0.25, 0.3) is 39.5 Å². The van der Waals surface area contributed by atoms with Gasteiger partial charge in [0, 0.05) is 11.1 Å². The molecule has 0 unspecified atom stereocenters. The molecule has 140 valence electrons. The number of fused-ring (bicyclic) bond motifs is 1. The maximum atomic E-state index is 8.08. The predicted molar refractivity (Wildman–Crippen MR) is 107 cm³/mol. The van der Waals surface area contributed by atoms with Crippen molar-refractivity contribution in [3.63, 3.8) is 0 Å². The Morgan fingerprint density at radius 1 is 0.828 bits per heavy atom. The van der Waals surface area contributed by atoms with E-state index in [4.69, 9.17) is 16.2 Å². The average Bonchev–Trinajstić information content (AvgIpc) is 3.22. The number of rotatable bonds is 3. The molecule has 2 aromatic carbocycles. The molecule has 0 spiro atoms. The third kappa shape index (κ3) is 2.81. The maximum Gasteiger partial charge on any atom is 0.272 e. The number of aromatic nitrogens is 7. The largest absolute Gasteiger partial charge is 0.336 e. The first kappa shape index (κ1) is 16.8. The van der Waals surface area contributed by atoms with Crippen molar-refractivity contribution in [3.8, 4) is 28.5 Å². The topological polar surface area (TPSA) is 124 Å². The molecule has 0 fully saturated rings. The Balaban J connectivity index is 1.75. The van der Waals surface area contributed by atoms with Crippen LogP contribution in [0.5, 0.6) is 0 Å². The monoisotopic (exact) mass is 381 g/mol. The molecule has 0 aliphatic rings. The summed E-state index contributed by atoms with van der Waals surface area (Å²) in [6, 6.07) is 19.6. The number of benzene rings is 2. The summed E-state index contributed by atoms with van der Waals surface area (Å²) < 4.78 is 2.59. The van der Waals surface area contributed by atoms with Gasteiger partial charge >= 0.3 is 0 Å². The van der Waals surface area contributed by atoms with Crippen LogP contribution in [-0.4, -0.2) is 34.6 Å². The van der Waals surface area contributed by atoms with Gasteiger partial charge in [0.15, 0.2) is 11.1 Å². The lowest BCUT2D eigenvalue weighted by Crippen LogP contribution is -2.27. The summed E-state index contributed by atoms with van der Waals surface area (Å²) in [7, 11) is 0. The summed E-state index contributed by atoms with van der Waals surface area (Å²) in [5, 5.41) is 21.6. The molecule has 0 saturated heterocycles. The summed E-state index contributed by atoms with van der Waals surface area (Å²) in [6.45, 7) is 0. The minimum Gasteiger partial charge on any atom is -0.336 e. The van der Waals surface area contributed by atoms with E-state index in [1.807, 2.05) is 60.7 Å². The van der Waals surface area contributed by atoms with Crippen LogP contribution in [0.1, 0.15) is 0 Å². The number of hydrogen-bond acceptors (Lipinski definition) is 7. The van der Waals surface area contributed by atoms with Crippen LogP contribution in [-0.2, 0) is 0 Å². The highest BCUT2D eigenvalue weighted by atomic mass is 15.4. The van der Waals surface area contributed by atoms with Crippen molar-refractivity contribution in [2.45, 2.75) is 0 Å². The highest BCUT2D eigenvalue weighted by Gasteiger charge is 2.17. The van der Waals surface area contributed by atoms with Gasteiger partial charge in [-0.15, -0.1) is 10.2 Å². The molecule has 0 aliphatic heterocycles. The fraction of sp³-hybridized carbons (Fsp3) is 0. The van der Waals surface area contributed by atoms with Gasteiger partial charge in [0.25, 0.3) is 5.95 Å². The average molecular weight is 381 g/mol. The number of nitrogens with one attached hydrogen (secondary N) is 1. The van der Waals surface area contributed by atoms with Crippen LogP contribution in [0.2, 0.25) is 0 Å². The summed E-state index contributed by atoms with van der Waals surface area (Å²) in [6.07, 6.45) is 2.87. The van der Waals surface area contributed by atoms with Gasteiger partial charge < -0.3 is 5.84 Å². The molecule has 0 aliphatic carbocycles. The lowest BCUT2D eigenvalue weighted by molar-refractivity contribution is 0.784. The summed E-state index contributed by atoms with van der Waals surface area (Å²) in [4.78, 5) is 9.02. The van der Waals surface area contributed by atoms with E-state index in [2.05, 4.69) is 20.3 Å². The summed E-state index contributed by atoms with van der Waals surface area (Å²) >= 11 is 0. The standard InChI is InChI=1S/C20H15N9/c21-18-15-11-24-29(19(15)23-12-28(18)22)20-25-16(13-7-3-1-4-8-13)17(26-27-20)14-9-5-2-6-10-14/h1-12,21H,22H2. The van der Waals surface area contributed by atoms with Crippen molar-refractivity contribution in [3.05, 3.63) is 78.7 Å². The Hall–Kier alpha value is -4.40. The van der Waals surface area contributed by atoms with E-state index >= 15 is 0 Å². The van der Waals surface area contributed by atoms with Crippen molar-refractivity contribution in [1.82, 2.24) is 34.6 Å². The molecule has 3 aromatic heterocycles. The third-order valence-electron chi connectivity index (χ3n) is 4.52. The number of hydrogen-bond donors (Lipinski definition) is 2. The molecule has 5 aromatic rings. The van der Waals surface area contributed by atoms with E-state index in [-0.39, 0.29) is 11.4 Å². The Labute approximate surface area is 164 Å². The van der Waals surface area contributed by atoms with Gasteiger partial charge in [-0.3, -0.25) is 5.41 Å². The van der Waals surface area contributed by atoms with Crippen LogP contribution in [0, 0.1) is 5.41 Å². The van der Waals surface area contributed by atoms with Gasteiger partial charge in [0.1, 0.15) is 17.7 Å². The molecule has 0 saturated carbocycles. The molecule has 5 rings (SSSR count). The van der Waals surface area contributed by atoms with Crippen molar-refractivity contribution < 1.29 is 0 Å². The first-order chi connectivity index (χ1) is 14.2. The zero-order valence-corrected chi connectivity index (χ0v) is 15.1. The Kier molecular flexibility index (Phi) is 3.84. The SMILES string of the molecule is N=c1c2cnn(-c3nnc(-c4ccccc4)c(-c4ccccc4)n3)c2ncn1N. The molecular formula is C20H15N9. The molecule has 0 amide bonds. The van der Waals surface area contributed by atoms with Crippen LogP contribution < -0.4 is 11.3 Å². The van der Waals surface area contributed by atoms with Crippen molar-refractivity contribution in [2.75, 3.05) is 5.84 Å². The number of nitrogen functional groups attached to an aromatic ring is 1. The van der Waals surface area contributed by atoms with Gasteiger partial charge in [-0.05, 0) is 0 Å². The summed E-state index contributed by atoms with van der Waals surface area (Å²) in [5.41, 5.74) is 3.71. The van der Waals surface area contributed by atoms with Crippen LogP contribution in [0.4, 0.5) is 0 Å². The quantitative estimate of drug-likeness (QED) is 0.460. The van der Waals surface area contributed by atoms with E-state index in [0.717, 1.165) is 15.8 Å². The zero-order valence-electron chi connectivity index (χ0n) is 15.1. The third-order valence-corrected chi connectivity index (χ3v) is 4.52. The minimum atomic E-state index is 0.0957. The zero-order chi connectivity index (χ0) is 19.8. The van der Waals surface area contributed by atoms with Crippen molar-refractivity contribution in [2.24, 2.45) is 0 Å². The van der Waals surface area contributed by atoms with E-state index in [1.165, 1.54) is 17.2 Å². The molecule has 9 nitrogen and oxygen atoms in total. The first-order valence-corrected chi connectivity index (χ1v) is 8.83. The van der Waals surface area contributed by atoms with Crippen LogP contribution in [0.3, 0.4) is 0 Å². The van der Waals surface area contributed by atoms with E-state index < -0.39 is 0 Å². The molecule has 3 heterocycles. The van der Waals surface area contributed by atoms with Gasteiger partial charge in [-0.2, -0.15) is 9.78 Å². The van der Waals surface area contributed by atoms with Crippen LogP contribution in [0.15, 0.2) is 73.2 Å². The molecule has 0 atom stereocenters. The van der Waals surface area contributed by atoms with Crippen LogP contribution >= 0.6 is 0 Å². The Bertz CT molecular complexity index is 1370. The predicted octanol–water partition coefficient (Wildman–Crippen LogP) is 1.93. The van der Waals surface area contributed by atoms with Crippen molar-refractivity contribution in [1.29, 1.82) is 5.41 Å². The molecule has 3 N–H and O–H groups in total. The van der Waals surface area contributed by atoms with E-state index in [9.17, 15) is 0 Å². The molecule has 0 bridgehead atoms. The highest BCUT2D eigenvalue weighted by Crippen LogP contribution is 2.28. The molecule has 29 heavy (non-hydrogen) atoms. The fourth-order valence-electron chi connectivity index (χ4n) is 3.09. The van der Waals surface area contributed by atoms with E-state index in [0.29, 0.717) is 22.4 Å². The second-order valence-corrected chi connectivity index (χ2v) is 6.34. The van der Waals surface area contributed by atoms with Gasteiger partial charge in [0.05, 0.1) is 11.6 Å². The summed E-state index contributed by atoms with van der Waals surface area (Å²) in [5.74, 6) is 5.97. The molecular weight excluding hydrogens is 366 g/mol. The smallest absolute Gasteiger partial charge is 0.272 e. The molecule has 9 heteroatoms. The first-order valence-electron chi connectivity index (χ1n) is 8.83. The lowest BCUT2D eigenvalue weighted by atomic mass is 10.0.